The normalized spacial score (nSPS) is 15.6. The Balaban J connectivity index is 1.36. The van der Waals surface area contributed by atoms with Gasteiger partial charge in [-0.05, 0) is 55.1 Å². The molecule has 3 rings (SSSR count). The van der Waals surface area contributed by atoms with Crippen LogP contribution in [0.2, 0.25) is 0 Å². The van der Waals surface area contributed by atoms with Gasteiger partial charge in [0, 0.05) is 13.1 Å². The summed E-state index contributed by atoms with van der Waals surface area (Å²) in [5.41, 5.74) is 2.39. The number of hydrogen-bond donors (Lipinski definition) is 1. The highest BCUT2D eigenvalue weighted by molar-refractivity contribution is 5.78. The minimum Gasteiger partial charge on any atom is -0.497 e. The highest BCUT2D eigenvalue weighted by atomic mass is 16.5. The molecule has 4 nitrogen and oxygen atoms in total. The lowest BCUT2D eigenvalue weighted by Gasteiger charge is -2.32. The van der Waals surface area contributed by atoms with E-state index in [1.165, 1.54) is 5.56 Å². The first-order valence-corrected chi connectivity index (χ1v) is 9.39. The van der Waals surface area contributed by atoms with E-state index >= 15 is 0 Å². The van der Waals surface area contributed by atoms with Crippen LogP contribution in [0, 0.1) is 5.92 Å². The fourth-order valence-electron chi connectivity index (χ4n) is 3.44. The summed E-state index contributed by atoms with van der Waals surface area (Å²) >= 11 is 0. The van der Waals surface area contributed by atoms with E-state index < -0.39 is 0 Å². The first-order chi connectivity index (χ1) is 12.7. The lowest BCUT2D eigenvalue weighted by molar-refractivity contribution is -0.120. The molecular formula is C22H28N2O2. The van der Waals surface area contributed by atoms with Gasteiger partial charge >= 0.3 is 0 Å². The minimum absolute atomic E-state index is 0.122. The van der Waals surface area contributed by atoms with Gasteiger partial charge in [0.25, 0.3) is 0 Å². The maximum absolute atomic E-state index is 12.1. The van der Waals surface area contributed by atoms with Gasteiger partial charge in [0.1, 0.15) is 5.75 Å². The van der Waals surface area contributed by atoms with Crippen molar-refractivity contribution in [2.75, 3.05) is 26.7 Å². The van der Waals surface area contributed by atoms with Crippen LogP contribution >= 0.6 is 0 Å². The maximum Gasteiger partial charge on any atom is 0.224 e. The van der Waals surface area contributed by atoms with Crippen LogP contribution in [0.1, 0.15) is 24.0 Å². The number of carbonyl (C=O) groups is 1. The molecule has 1 saturated heterocycles. The second kappa shape index (κ2) is 9.39. The number of piperidine rings is 1. The molecule has 0 saturated carbocycles. The van der Waals surface area contributed by atoms with Crippen molar-refractivity contribution >= 4 is 5.91 Å². The maximum atomic E-state index is 12.1. The predicted molar refractivity (Wildman–Crippen MR) is 104 cm³/mol. The molecule has 26 heavy (non-hydrogen) atoms. The average molecular weight is 352 g/mol. The fraction of sp³-hybridized carbons (Fsp3) is 0.409. The Morgan fingerprint density at radius 1 is 1.04 bits per heavy atom. The number of nitrogens with zero attached hydrogens (tertiary/aromatic N) is 1. The quantitative estimate of drug-likeness (QED) is 0.832. The average Bonchev–Trinajstić information content (AvgIpc) is 2.69. The third kappa shape index (κ3) is 5.60. The van der Waals surface area contributed by atoms with E-state index in [1.807, 2.05) is 42.5 Å². The Hall–Kier alpha value is -2.33. The van der Waals surface area contributed by atoms with E-state index in [-0.39, 0.29) is 5.91 Å². The van der Waals surface area contributed by atoms with Crippen molar-refractivity contribution in [1.29, 1.82) is 0 Å². The van der Waals surface area contributed by atoms with Crippen LogP contribution < -0.4 is 10.1 Å². The van der Waals surface area contributed by atoms with Crippen LogP contribution in [0.5, 0.6) is 5.75 Å². The molecule has 138 valence electrons. The molecule has 0 bridgehead atoms. The van der Waals surface area contributed by atoms with Crippen molar-refractivity contribution in [1.82, 2.24) is 10.2 Å². The van der Waals surface area contributed by atoms with E-state index in [0.717, 1.165) is 50.3 Å². The molecule has 1 aliphatic heterocycles. The second-order valence-corrected chi connectivity index (χ2v) is 7.03. The Bertz CT molecular complexity index is 677. The van der Waals surface area contributed by atoms with Crippen molar-refractivity contribution in [3.8, 4) is 5.75 Å². The van der Waals surface area contributed by atoms with Gasteiger partial charge in [-0.15, -0.1) is 0 Å². The lowest BCUT2D eigenvalue weighted by atomic mass is 9.96. The van der Waals surface area contributed by atoms with Crippen LogP contribution in [-0.4, -0.2) is 37.6 Å². The van der Waals surface area contributed by atoms with Crippen molar-refractivity contribution in [3.05, 3.63) is 65.7 Å². The summed E-state index contributed by atoms with van der Waals surface area (Å²) in [5.74, 6) is 1.61. The molecule has 0 unspecified atom stereocenters. The number of nitrogens with one attached hydrogen (secondary N) is 1. The zero-order valence-electron chi connectivity index (χ0n) is 15.5. The molecular weight excluding hydrogens is 324 g/mol. The van der Waals surface area contributed by atoms with Crippen molar-refractivity contribution in [2.24, 2.45) is 5.92 Å². The topological polar surface area (TPSA) is 41.6 Å². The second-order valence-electron chi connectivity index (χ2n) is 7.03. The van der Waals surface area contributed by atoms with E-state index in [4.69, 9.17) is 4.74 Å². The van der Waals surface area contributed by atoms with Crippen LogP contribution in [0.25, 0.3) is 0 Å². The van der Waals surface area contributed by atoms with Gasteiger partial charge in [-0.3, -0.25) is 9.69 Å². The van der Waals surface area contributed by atoms with E-state index in [1.54, 1.807) is 7.11 Å². The van der Waals surface area contributed by atoms with Crippen LogP contribution in [0.3, 0.4) is 0 Å². The molecule has 2 aromatic rings. The summed E-state index contributed by atoms with van der Waals surface area (Å²) < 4.78 is 5.21. The van der Waals surface area contributed by atoms with Gasteiger partial charge < -0.3 is 10.1 Å². The Morgan fingerprint density at radius 3 is 2.38 bits per heavy atom. The third-order valence-corrected chi connectivity index (χ3v) is 5.07. The summed E-state index contributed by atoms with van der Waals surface area (Å²) in [6, 6.07) is 18.2. The molecule has 1 amide bonds. The van der Waals surface area contributed by atoms with Gasteiger partial charge in [-0.25, -0.2) is 0 Å². The number of carbonyl (C=O) groups excluding carboxylic acids is 1. The van der Waals surface area contributed by atoms with Crippen LogP contribution in [0.15, 0.2) is 54.6 Å². The molecule has 1 aliphatic rings. The Kier molecular flexibility index (Phi) is 6.67. The SMILES string of the molecule is COc1ccc(CN2CCC(CNC(=O)Cc3ccccc3)CC2)cc1. The molecule has 1 N–H and O–H groups in total. The first kappa shape index (κ1) is 18.5. The molecule has 0 aromatic heterocycles. The highest BCUT2D eigenvalue weighted by Crippen LogP contribution is 2.19. The van der Waals surface area contributed by atoms with Gasteiger partial charge in [0.2, 0.25) is 5.91 Å². The number of likely N-dealkylation sites (tertiary alicyclic amines) is 1. The molecule has 0 spiro atoms. The van der Waals surface area contributed by atoms with Gasteiger partial charge in [0.05, 0.1) is 13.5 Å². The lowest BCUT2D eigenvalue weighted by Crippen LogP contribution is -2.38. The number of ether oxygens (including phenoxy) is 1. The largest absolute Gasteiger partial charge is 0.497 e. The third-order valence-electron chi connectivity index (χ3n) is 5.07. The number of hydrogen-bond acceptors (Lipinski definition) is 3. The number of rotatable bonds is 7. The molecule has 0 atom stereocenters. The molecule has 1 fully saturated rings. The minimum atomic E-state index is 0.122. The molecule has 2 aromatic carbocycles. The van der Waals surface area contributed by atoms with Crippen molar-refractivity contribution < 1.29 is 9.53 Å². The zero-order valence-corrected chi connectivity index (χ0v) is 15.5. The van der Waals surface area contributed by atoms with E-state index in [0.29, 0.717) is 12.3 Å². The van der Waals surface area contributed by atoms with Gasteiger partial charge in [0.15, 0.2) is 0 Å². The zero-order chi connectivity index (χ0) is 18.2. The number of methoxy groups -OCH3 is 1. The smallest absolute Gasteiger partial charge is 0.224 e. The monoisotopic (exact) mass is 352 g/mol. The summed E-state index contributed by atoms with van der Waals surface area (Å²) in [6.07, 6.45) is 2.75. The predicted octanol–water partition coefficient (Wildman–Crippen LogP) is 3.27. The highest BCUT2D eigenvalue weighted by Gasteiger charge is 2.19. The molecule has 1 heterocycles. The van der Waals surface area contributed by atoms with Crippen molar-refractivity contribution in [3.63, 3.8) is 0 Å². The van der Waals surface area contributed by atoms with Crippen LogP contribution in [0.4, 0.5) is 0 Å². The van der Waals surface area contributed by atoms with Gasteiger partial charge in [-0.2, -0.15) is 0 Å². The summed E-state index contributed by atoms with van der Waals surface area (Å²) in [4.78, 5) is 14.6. The number of amides is 1. The Morgan fingerprint density at radius 2 is 1.73 bits per heavy atom. The summed E-state index contributed by atoms with van der Waals surface area (Å²) in [5, 5.41) is 3.11. The van der Waals surface area contributed by atoms with E-state index in [9.17, 15) is 4.79 Å². The standard InChI is InChI=1S/C22H28N2O2/c1-26-21-9-7-20(8-10-21)17-24-13-11-19(12-14-24)16-23-22(25)15-18-5-3-2-4-6-18/h2-10,19H,11-17H2,1H3,(H,23,25). The first-order valence-electron chi connectivity index (χ1n) is 9.39. The van der Waals surface area contributed by atoms with E-state index in [2.05, 4.69) is 22.3 Å². The molecule has 0 radical (unpaired) electrons. The van der Waals surface area contributed by atoms with Crippen LogP contribution in [-0.2, 0) is 17.8 Å². The molecule has 4 heteroatoms. The number of benzene rings is 2. The Labute approximate surface area is 156 Å². The molecule has 0 aliphatic carbocycles. The summed E-state index contributed by atoms with van der Waals surface area (Å²) in [6.45, 7) is 3.95. The van der Waals surface area contributed by atoms with Crippen molar-refractivity contribution in [2.45, 2.75) is 25.8 Å². The fourth-order valence-corrected chi connectivity index (χ4v) is 3.44. The summed E-state index contributed by atoms with van der Waals surface area (Å²) in [7, 11) is 1.69. The van der Waals surface area contributed by atoms with Gasteiger partial charge in [-0.1, -0.05) is 42.5 Å².